The van der Waals surface area contributed by atoms with Crippen molar-refractivity contribution in [2.45, 2.75) is 57.2 Å². The van der Waals surface area contributed by atoms with Crippen molar-refractivity contribution >= 4 is 11.6 Å². The topological polar surface area (TPSA) is 72.3 Å². The van der Waals surface area contributed by atoms with Crippen LogP contribution in [0.25, 0.3) is 10.4 Å². The normalized spacial score (nSPS) is 24.1. The molecule has 1 aliphatic rings. The van der Waals surface area contributed by atoms with Crippen LogP contribution in [0, 0.1) is 0 Å². The average molecular weight is 329 g/mol. The first-order valence-corrected chi connectivity index (χ1v) is 8.66. The maximum absolute atomic E-state index is 12.7. The molecule has 0 aliphatic heterocycles. The number of nitrogens with zero attached hydrogens (tertiary/aromatic N) is 5. The van der Waals surface area contributed by atoms with E-state index in [0.717, 1.165) is 31.4 Å². The van der Waals surface area contributed by atoms with Gasteiger partial charge in [-0.15, -0.1) is 0 Å². The second kappa shape index (κ2) is 8.71. The van der Waals surface area contributed by atoms with Crippen LogP contribution in [0.15, 0.2) is 35.4 Å². The molecule has 0 radical (unpaired) electrons. The largest absolute Gasteiger partial charge is 0.308 e. The molecular weight excluding hydrogens is 302 g/mol. The molecule has 0 N–H and O–H groups in total. The molecule has 6 heteroatoms. The van der Waals surface area contributed by atoms with Crippen molar-refractivity contribution in [3.63, 3.8) is 0 Å². The van der Waals surface area contributed by atoms with E-state index in [1.807, 2.05) is 56.3 Å². The lowest BCUT2D eigenvalue weighted by Gasteiger charge is -2.39. The number of amides is 1. The molecule has 0 aromatic heterocycles. The third kappa shape index (κ3) is 4.28. The van der Waals surface area contributed by atoms with Crippen LogP contribution in [-0.4, -0.2) is 43.0 Å². The van der Waals surface area contributed by atoms with E-state index in [1.165, 1.54) is 0 Å². The number of azide groups is 1. The summed E-state index contributed by atoms with van der Waals surface area (Å²) in [7, 11) is 4.07. The average Bonchev–Trinajstić information content (AvgIpc) is 2.79. The molecule has 1 fully saturated rings. The number of hydrogen-bond donors (Lipinski definition) is 0. The third-order valence-corrected chi connectivity index (χ3v) is 4.81. The molecule has 3 unspecified atom stereocenters. The molecule has 0 heterocycles. The summed E-state index contributed by atoms with van der Waals surface area (Å²) in [6.07, 6.45) is 4.02. The van der Waals surface area contributed by atoms with Crippen molar-refractivity contribution < 1.29 is 4.79 Å². The fourth-order valence-electron chi connectivity index (χ4n) is 3.62. The summed E-state index contributed by atoms with van der Waals surface area (Å²) in [5, 5.41) is 3.96. The summed E-state index contributed by atoms with van der Waals surface area (Å²) >= 11 is 0. The zero-order valence-corrected chi connectivity index (χ0v) is 14.8. The lowest BCUT2D eigenvalue weighted by Crippen LogP contribution is -2.52. The standard InChI is InChI=1S/C18H27N5O/c1-4-18(24)23(15-10-6-5-7-11-15)16-12-8-9-14(20-21-19)13-17(16)22(2)3/h5-7,10-11,14,16-17H,4,8-9,12-13H2,1-3H3. The van der Waals surface area contributed by atoms with Gasteiger partial charge >= 0.3 is 0 Å². The van der Waals surface area contributed by atoms with Gasteiger partial charge in [-0.2, -0.15) is 0 Å². The predicted molar refractivity (Wildman–Crippen MR) is 96.9 cm³/mol. The maximum Gasteiger partial charge on any atom is 0.227 e. The number of benzene rings is 1. The van der Waals surface area contributed by atoms with Crippen LogP contribution in [0.4, 0.5) is 5.69 Å². The van der Waals surface area contributed by atoms with Crippen LogP contribution in [0.2, 0.25) is 0 Å². The summed E-state index contributed by atoms with van der Waals surface area (Å²) in [4.78, 5) is 19.8. The monoisotopic (exact) mass is 329 g/mol. The van der Waals surface area contributed by atoms with E-state index in [2.05, 4.69) is 14.9 Å². The van der Waals surface area contributed by atoms with Gasteiger partial charge in [0.25, 0.3) is 0 Å². The highest BCUT2D eigenvalue weighted by molar-refractivity contribution is 5.93. The Bertz CT molecular complexity index is 582. The highest BCUT2D eigenvalue weighted by Gasteiger charge is 2.35. The number of carbonyl (C=O) groups is 1. The van der Waals surface area contributed by atoms with E-state index < -0.39 is 0 Å². The molecule has 1 amide bonds. The van der Waals surface area contributed by atoms with Gasteiger partial charge in [0.15, 0.2) is 0 Å². The van der Waals surface area contributed by atoms with Gasteiger partial charge in [-0.25, -0.2) is 0 Å². The van der Waals surface area contributed by atoms with Crippen LogP contribution in [0.5, 0.6) is 0 Å². The van der Waals surface area contributed by atoms with Crippen molar-refractivity contribution in [1.29, 1.82) is 0 Å². The van der Waals surface area contributed by atoms with Crippen molar-refractivity contribution in [2.24, 2.45) is 5.11 Å². The van der Waals surface area contributed by atoms with Crippen molar-refractivity contribution in [1.82, 2.24) is 4.90 Å². The highest BCUT2D eigenvalue weighted by Crippen LogP contribution is 2.31. The second-order valence-corrected chi connectivity index (χ2v) is 6.58. The van der Waals surface area contributed by atoms with Gasteiger partial charge in [-0.05, 0) is 51.0 Å². The summed E-state index contributed by atoms with van der Waals surface area (Å²) in [6, 6.07) is 10.2. The number of anilines is 1. The number of carbonyl (C=O) groups excluding carboxylic acids is 1. The van der Waals surface area contributed by atoms with Crippen LogP contribution in [0.3, 0.4) is 0 Å². The molecule has 1 aromatic rings. The van der Waals surface area contributed by atoms with Crippen LogP contribution in [0.1, 0.15) is 39.0 Å². The Labute approximate surface area is 144 Å². The summed E-state index contributed by atoms with van der Waals surface area (Å²) < 4.78 is 0. The van der Waals surface area contributed by atoms with Gasteiger partial charge in [0.05, 0.1) is 6.04 Å². The van der Waals surface area contributed by atoms with Crippen molar-refractivity contribution in [3.05, 3.63) is 40.8 Å². The number of rotatable bonds is 5. The second-order valence-electron chi connectivity index (χ2n) is 6.58. The number of hydrogen-bond acceptors (Lipinski definition) is 3. The summed E-state index contributed by atoms with van der Waals surface area (Å²) in [5.41, 5.74) is 9.74. The van der Waals surface area contributed by atoms with E-state index in [4.69, 9.17) is 5.53 Å². The molecule has 1 saturated carbocycles. The van der Waals surface area contributed by atoms with Crippen molar-refractivity contribution in [3.8, 4) is 0 Å². The van der Waals surface area contributed by atoms with Crippen LogP contribution >= 0.6 is 0 Å². The first kappa shape index (κ1) is 18.3. The zero-order valence-electron chi connectivity index (χ0n) is 14.8. The van der Waals surface area contributed by atoms with Gasteiger partial charge in [-0.3, -0.25) is 4.79 Å². The Hall–Kier alpha value is -2.04. The Morgan fingerprint density at radius 3 is 2.54 bits per heavy atom. The number of likely N-dealkylation sites (N-methyl/N-ethyl adjacent to an activating group) is 1. The molecule has 6 nitrogen and oxygen atoms in total. The van der Waals surface area contributed by atoms with E-state index in [1.54, 1.807) is 0 Å². The maximum atomic E-state index is 12.7. The number of para-hydroxylation sites is 1. The molecular formula is C18H27N5O. The Morgan fingerprint density at radius 1 is 1.25 bits per heavy atom. The van der Waals surface area contributed by atoms with Gasteiger partial charge < -0.3 is 9.80 Å². The first-order chi connectivity index (χ1) is 11.6. The molecule has 0 bridgehead atoms. The first-order valence-electron chi connectivity index (χ1n) is 8.66. The summed E-state index contributed by atoms with van der Waals surface area (Å²) in [5.74, 6) is 0.139. The van der Waals surface area contributed by atoms with E-state index in [9.17, 15) is 4.79 Å². The molecule has 130 valence electrons. The molecule has 3 atom stereocenters. The van der Waals surface area contributed by atoms with Gasteiger partial charge in [-0.1, -0.05) is 36.7 Å². The molecule has 2 rings (SSSR count). The smallest absolute Gasteiger partial charge is 0.227 e. The molecule has 1 aliphatic carbocycles. The van der Waals surface area contributed by atoms with Gasteiger partial charge in [0.2, 0.25) is 5.91 Å². The van der Waals surface area contributed by atoms with Gasteiger partial charge in [0.1, 0.15) is 0 Å². The quantitative estimate of drug-likeness (QED) is 0.355. The van der Waals surface area contributed by atoms with E-state index in [-0.39, 0.29) is 24.0 Å². The Kier molecular flexibility index (Phi) is 6.64. The SMILES string of the molecule is CCC(=O)N(c1ccccc1)C1CCCC(N=[N+]=[N-])CC1N(C)C. The Morgan fingerprint density at radius 2 is 1.96 bits per heavy atom. The molecule has 0 spiro atoms. The van der Waals surface area contributed by atoms with Crippen LogP contribution in [-0.2, 0) is 4.79 Å². The van der Waals surface area contributed by atoms with E-state index >= 15 is 0 Å². The fourth-order valence-corrected chi connectivity index (χ4v) is 3.62. The fraction of sp³-hybridized carbons (Fsp3) is 0.611. The third-order valence-electron chi connectivity index (χ3n) is 4.81. The lowest BCUT2D eigenvalue weighted by molar-refractivity contribution is -0.119. The Balaban J connectivity index is 2.38. The van der Waals surface area contributed by atoms with Gasteiger partial charge in [0, 0.05) is 29.1 Å². The minimum absolute atomic E-state index is 0.00162. The molecule has 0 saturated heterocycles. The zero-order chi connectivity index (χ0) is 17.5. The minimum Gasteiger partial charge on any atom is -0.308 e. The van der Waals surface area contributed by atoms with Crippen molar-refractivity contribution in [2.75, 3.05) is 19.0 Å². The molecule has 24 heavy (non-hydrogen) atoms. The highest BCUT2D eigenvalue weighted by atomic mass is 16.2. The predicted octanol–water partition coefficient (Wildman–Crippen LogP) is 3.98. The van der Waals surface area contributed by atoms with E-state index in [0.29, 0.717) is 6.42 Å². The lowest BCUT2D eigenvalue weighted by atomic mass is 9.98. The summed E-state index contributed by atoms with van der Waals surface area (Å²) in [6.45, 7) is 1.91. The van der Waals surface area contributed by atoms with Crippen LogP contribution < -0.4 is 4.90 Å². The minimum atomic E-state index is 0.00162. The molecule has 1 aromatic carbocycles.